The van der Waals surface area contributed by atoms with E-state index in [1.807, 2.05) is 0 Å². The monoisotopic (exact) mass is 216 g/mol. The second kappa shape index (κ2) is 3.09. The lowest BCUT2D eigenvalue weighted by molar-refractivity contribution is 0.629. The van der Waals surface area contributed by atoms with Crippen LogP contribution in [0.3, 0.4) is 0 Å². The van der Waals surface area contributed by atoms with Crippen molar-refractivity contribution in [2.24, 2.45) is 0 Å². The molecule has 66 valence electrons. The molecule has 0 atom stereocenters. The average molecular weight is 217 g/mol. The van der Waals surface area contributed by atoms with E-state index in [0.29, 0.717) is 10.9 Å². The minimum atomic E-state index is -0.413. The Kier molecular flexibility index (Phi) is 2.06. The van der Waals surface area contributed by atoms with Crippen molar-refractivity contribution < 1.29 is 4.39 Å². The Balaban J connectivity index is 2.87. The highest BCUT2D eigenvalue weighted by molar-refractivity contribution is 6.35. The van der Waals surface area contributed by atoms with E-state index in [4.69, 9.17) is 23.2 Å². The summed E-state index contributed by atoms with van der Waals surface area (Å²) in [6.45, 7) is 0. The van der Waals surface area contributed by atoms with Crippen molar-refractivity contribution in [1.29, 1.82) is 0 Å². The fraction of sp³-hybridized carbons (Fsp3) is 0. The highest BCUT2D eigenvalue weighted by Gasteiger charge is 2.04. The van der Waals surface area contributed by atoms with Gasteiger partial charge in [-0.3, -0.25) is 0 Å². The van der Waals surface area contributed by atoms with Gasteiger partial charge in [0, 0.05) is 11.6 Å². The summed E-state index contributed by atoms with van der Waals surface area (Å²) in [6.07, 6.45) is 1.43. The SMILES string of the molecule is Fc1cc(Cl)c2nc(Cl)ncc2c1. The third kappa shape index (κ3) is 1.57. The van der Waals surface area contributed by atoms with Crippen molar-refractivity contribution >= 4 is 34.1 Å². The molecule has 1 aromatic carbocycles. The normalized spacial score (nSPS) is 10.7. The van der Waals surface area contributed by atoms with Gasteiger partial charge in [0.05, 0.1) is 10.5 Å². The largest absolute Gasteiger partial charge is 0.226 e. The predicted molar refractivity (Wildman–Crippen MR) is 49.5 cm³/mol. The lowest BCUT2D eigenvalue weighted by Crippen LogP contribution is -1.86. The molecular weight excluding hydrogens is 214 g/mol. The first-order valence-electron chi connectivity index (χ1n) is 3.44. The molecule has 0 bridgehead atoms. The van der Waals surface area contributed by atoms with Gasteiger partial charge in [-0.05, 0) is 23.7 Å². The first kappa shape index (κ1) is 8.66. The Hall–Kier alpha value is -0.930. The molecule has 0 spiro atoms. The quantitative estimate of drug-likeness (QED) is 0.633. The van der Waals surface area contributed by atoms with Crippen molar-refractivity contribution in [1.82, 2.24) is 9.97 Å². The van der Waals surface area contributed by atoms with Gasteiger partial charge in [0.2, 0.25) is 5.28 Å². The van der Waals surface area contributed by atoms with E-state index in [1.54, 1.807) is 0 Å². The van der Waals surface area contributed by atoms with E-state index in [-0.39, 0.29) is 10.3 Å². The Labute approximate surface area is 83.3 Å². The maximum Gasteiger partial charge on any atom is 0.222 e. The van der Waals surface area contributed by atoms with Crippen LogP contribution in [-0.2, 0) is 0 Å². The molecule has 0 amide bonds. The first-order chi connectivity index (χ1) is 6.16. The van der Waals surface area contributed by atoms with Crippen LogP contribution in [0.15, 0.2) is 18.3 Å². The standard InChI is InChI=1S/C8H3Cl2FN2/c9-6-2-5(11)1-4-3-12-8(10)13-7(4)6/h1-3H. The van der Waals surface area contributed by atoms with Gasteiger partial charge in [0.25, 0.3) is 0 Å². The van der Waals surface area contributed by atoms with Crippen LogP contribution in [0.2, 0.25) is 10.3 Å². The molecule has 5 heteroatoms. The molecule has 0 aliphatic heterocycles. The summed E-state index contributed by atoms with van der Waals surface area (Å²) in [5.74, 6) is -0.413. The molecule has 0 radical (unpaired) electrons. The maximum atomic E-state index is 12.8. The van der Waals surface area contributed by atoms with E-state index >= 15 is 0 Å². The molecule has 1 aromatic heterocycles. The van der Waals surface area contributed by atoms with Gasteiger partial charge in [-0.25, -0.2) is 14.4 Å². The zero-order valence-electron chi connectivity index (χ0n) is 6.26. The van der Waals surface area contributed by atoms with Crippen LogP contribution in [0.25, 0.3) is 10.9 Å². The van der Waals surface area contributed by atoms with Crippen LogP contribution in [0.4, 0.5) is 4.39 Å². The molecule has 2 rings (SSSR count). The predicted octanol–water partition coefficient (Wildman–Crippen LogP) is 3.08. The van der Waals surface area contributed by atoms with Crippen LogP contribution in [-0.4, -0.2) is 9.97 Å². The second-order valence-corrected chi connectivity index (χ2v) is 3.21. The first-order valence-corrected chi connectivity index (χ1v) is 4.20. The number of nitrogens with zero attached hydrogens (tertiary/aromatic N) is 2. The lowest BCUT2D eigenvalue weighted by atomic mass is 10.2. The van der Waals surface area contributed by atoms with E-state index in [0.717, 1.165) is 0 Å². The number of halogens is 3. The van der Waals surface area contributed by atoms with Crippen LogP contribution in [0.5, 0.6) is 0 Å². The summed E-state index contributed by atoms with van der Waals surface area (Å²) in [5.41, 5.74) is 0.461. The van der Waals surface area contributed by atoms with Crippen molar-refractivity contribution in [3.05, 3.63) is 34.5 Å². The van der Waals surface area contributed by atoms with Crippen LogP contribution in [0.1, 0.15) is 0 Å². The van der Waals surface area contributed by atoms with Crippen LogP contribution >= 0.6 is 23.2 Å². The molecule has 1 heterocycles. The van der Waals surface area contributed by atoms with Gasteiger partial charge in [0.15, 0.2) is 0 Å². The minimum Gasteiger partial charge on any atom is -0.226 e. The summed E-state index contributed by atoms with van der Waals surface area (Å²) in [4.78, 5) is 7.59. The number of aromatic nitrogens is 2. The number of rotatable bonds is 0. The number of hydrogen-bond donors (Lipinski definition) is 0. The molecule has 2 aromatic rings. The fourth-order valence-corrected chi connectivity index (χ4v) is 1.44. The molecule has 0 saturated carbocycles. The van der Waals surface area contributed by atoms with Crippen molar-refractivity contribution in [2.75, 3.05) is 0 Å². The van der Waals surface area contributed by atoms with Gasteiger partial charge < -0.3 is 0 Å². The van der Waals surface area contributed by atoms with Crippen molar-refractivity contribution in [3.63, 3.8) is 0 Å². The minimum absolute atomic E-state index is 0.0982. The summed E-state index contributed by atoms with van der Waals surface area (Å²) in [6, 6.07) is 2.49. The lowest BCUT2D eigenvalue weighted by Gasteiger charge is -1.99. The number of benzene rings is 1. The summed E-state index contributed by atoms with van der Waals surface area (Å²) in [5, 5.41) is 0.870. The van der Waals surface area contributed by atoms with E-state index < -0.39 is 5.82 Å². The Morgan fingerprint density at radius 3 is 2.77 bits per heavy atom. The molecule has 0 aliphatic rings. The highest BCUT2D eigenvalue weighted by Crippen LogP contribution is 2.23. The Morgan fingerprint density at radius 1 is 1.23 bits per heavy atom. The second-order valence-electron chi connectivity index (χ2n) is 2.46. The van der Waals surface area contributed by atoms with Gasteiger partial charge in [0.1, 0.15) is 5.82 Å². The van der Waals surface area contributed by atoms with Gasteiger partial charge >= 0.3 is 0 Å². The molecule has 0 aliphatic carbocycles. The summed E-state index contributed by atoms with van der Waals surface area (Å²) < 4.78 is 12.8. The summed E-state index contributed by atoms with van der Waals surface area (Å²) >= 11 is 11.3. The van der Waals surface area contributed by atoms with Crippen LogP contribution < -0.4 is 0 Å². The zero-order chi connectivity index (χ0) is 9.42. The Bertz CT molecular complexity index is 473. The highest BCUT2D eigenvalue weighted by atomic mass is 35.5. The third-order valence-electron chi connectivity index (χ3n) is 1.57. The van der Waals surface area contributed by atoms with E-state index in [1.165, 1.54) is 18.3 Å². The topological polar surface area (TPSA) is 25.8 Å². The average Bonchev–Trinajstić information content (AvgIpc) is 2.06. The molecule has 0 fully saturated rings. The van der Waals surface area contributed by atoms with Crippen LogP contribution in [0, 0.1) is 5.82 Å². The number of fused-ring (bicyclic) bond motifs is 1. The summed E-state index contributed by atoms with van der Waals surface area (Å²) in [7, 11) is 0. The molecule has 13 heavy (non-hydrogen) atoms. The van der Waals surface area contributed by atoms with Crippen molar-refractivity contribution in [2.45, 2.75) is 0 Å². The number of hydrogen-bond acceptors (Lipinski definition) is 2. The van der Waals surface area contributed by atoms with Gasteiger partial charge in [-0.15, -0.1) is 0 Å². The fourth-order valence-electron chi connectivity index (χ4n) is 1.05. The van der Waals surface area contributed by atoms with E-state index in [2.05, 4.69) is 9.97 Å². The third-order valence-corrected chi connectivity index (χ3v) is 2.04. The smallest absolute Gasteiger partial charge is 0.222 e. The van der Waals surface area contributed by atoms with Gasteiger partial charge in [-0.2, -0.15) is 0 Å². The molecule has 0 N–H and O–H groups in total. The Morgan fingerprint density at radius 2 is 2.00 bits per heavy atom. The molecule has 2 nitrogen and oxygen atoms in total. The van der Waals surface area contributed by atoms with Crippen molar-refractivity contribution in [3.8, 4) is 0 Å². The molecule has 0 unspecified atom stereocenters. The molecule has 0 saturated heterocycles. The van der Waals surface area contributed by atoms with Gasteiger partial charge in [-0.1, -0.05) is 11.6 Å². The molecular formula is C8H3Cl2FN2. The zero-order valence-corrected chi connectivity index (χ0v) is 7.77. The maximum absolute atomic E-state index is 12.8. The van der Waals surface area contributed by atoms with E-state index in [9.17, 15) is 4.39 Å².